The largest absolute Gasteiger partial charge is 0.369 e. The number of carbonyl (C=O) groups excluding carboxylic acids is 1. The molecule has 5 heteroatoms. The Hall–Kier alpha value is -2.43. The summed E-state index contributed by atoms with van der Waals surface area (Å²) in [6.07, 6.45) is 3.30. The van der Waals surface area contributed by atoms with E-state index in [2.05, 4.69) is 15.3 Å². The molecule has 1 aromatic carbocycles. The van der Waals surface area contributed by atoms with Gasteiger partial charge in [0, 0.05) is 44.2 Å². The summed E-state index contributed by atoms with van der Waals surface area (Å²) in [5.74, 6) is 0.699. The lowest BCUT2D eigenvalue weighted by Crippen LogP contribution is -2.21. The van der Waals surface area contributed by atoms with Gasteiger partial charge in [0.25, 0.3) is 5.91 Å². The Morgan fingerprint density at radius 3 is 2.70 bits per heavy atom. The molecular formula is C15H18N4O. The Bertz CT molecular complexity index is 610. The number of benzene rings is 1. The third-order valence-corrected chi connectivity index (χ3v) is 2.83. The average Bonchev–Trinajstić information content (AvgIpc) is 2.47. The molecule has 0 aliphatic rings. The van der Waals surface area contributed by atoms with E-state index in [0.29, 0.717) is 5.56 Å². The fraction of sp³-hybridized carbons (Fsp3) is 0.267. The first-order valence-corrected chi connectivity index (χ1v) is 6.50. The molecule has 0 bridgehead atoms. The summed E-state index contributed by atoms with van der Waals surface area (Å²) in [4.78, 5) is 22.2. The first-order chi connectivity index (χ1) is 9.63. The molecule has 1 aromatic heterocycles. The van der Waals surface area contributed by atoms with Crippen LogP contribution in [0.5, 0.6) is 0 Å². The molecule has 20 heavy (non-hydrogen) atoms. The van der Waals surface area contributed by atoms with Gasteiger partial charge in [0.15, 0.2) is 5.82 Å². The summed E-state index contributed by atoms with van der Waals surface area (Å²) < 4.78 is 0. The van der Waals surface area contributed by atoms with Gasteiger partial charge in [-0.3, -0.25) is 9.78 Å². The van der Waals surface area contributed by atoms with E-state index in [1.54, 1.807) is 37.5 Å². The number of nitrogens with zero attached hydrogens (tertiary/aromatic N) is 3. The van der Waals surface area contributed by atoms with E-state index >= 15 is 0 Å². The van der Waals surface area contributed by atoms with Gasteiger partial charge >= 0.3 is 0 Å². The minimum Gasteiger partial charge on any atom is -0.369 e. The zero-order valence-electron chi connectivity index (χ0n) is 11.9. The van der Waals surface area contributed by atoms with Crippen LogP contribution in [-0.2, 0) is 0 Å². The highest BCUT2D eigenvalue weighted by molar-refractivity contribution is 5.95. The Balaban J connectivity index is 2.43. The maximum atomic E-state index is 12.0. The smallest absolute Gasteiger partial charge is 0.253 e. The number of aromatic nitrogens is 2. The first kappa shape index (κ1) is 14.0. The number of anilines is 1. The fourth-order valence-electron chi connectivity index (χ4n) is 1.90. The van der Waals surface area contributed by atoms with E-state index in [1.807, 2.05) is 25.1 Å². The van der Waals surface area contributed by atoms with Gasteiger partial charge < -0.3 is 10.2 Å². The van der Waals surface area contributed by atoms with Gasteiger partial charge in [-0.15, -0.1) is 0 Å². The molecule has 0 radical (unpaired) electrons. The maximum Gasteiger partial charge on any atom is 0.253 e. The number of nitrogens with one attached hydrogen (secondary N) is 1. The zero-order chi connectivity index (χ0) is 14.5. The fourth-order valence-corrected chi connectivity index (χ4v) is 1.90. The summed E-state index contributed by atoms with van der Waals surface area (Å²) in [6.45, 7) is 2.77. The van der Waals surface area contributed by atoms with Crippen molar-refractivity contribution in [3.05, 3.63) is 42.2 Å². The zero-order valence-corrected chi connectivity index (χ0v) is 11.9. The van der Waals surface area contributed by atoms with Crippen molar-refractivity contribution >= 4 is 11.7 Å². The molecule has 0 atom stereocenters. The predicted octanol–water partition coefficient (Wildman–Crippen LogP) is 2.28. The van der Waals surface area contributed by atoms with Crippen molar-refractivity contribution in [2.75, 3.05) is 26.0 Å². The van der Waals surface area contributed by atoms with Crippen molar-refractivity contribution in [2.45, 2.75) is 6.92 Å². The van der Waals surface area contributed by atoms with Gasteiger partial charge in [-0.05, 0) is 19.1 Å². The van der Waals surface area contributed by atoms with Gasteiger partial charge in [-0.2, -0.15) is 0 Å². The average molecular weight is 270 g/mol. The lowest BCUT2D eigenvalue weighted by atomic mass is 10.1. The van der Waals surface area contributed by atoms with E-state index < -0.39 is 0 Å². The monoisotopic (exact) mass is 270 g/mol. The molecule has 0 saturated carbocycles. The highest BCUT2D eigenvalue weighted by atomic mass is 16.2. The van der Waals surface area contributed by atoms with Gasteiger partial charge in [0.1, 0.15) is 5.69 Å². The van der Waals surface area contributed by atoms with E-state index in [1.165, 1.54) is 0 Å². The molecule has 104 valence electrons. The number of hydrogen-bond acceptors (Lipinski definition) is 4. The van der Waals surface area contributed by atoms with Gasteiger partial charge in [0.2, 0.25) is 0 Å². The normalized spacial score (nSPS) is 10.2. The second-order valence-electron chi connectivity index (χ2n) is 4.56. The van der Waals surface area contributed by atoms with Gasteiger partial charge in [0.05, 0.1) is 0 Å². The summed E-state index contributed by atoms with van der Waals surface area (Å²) >= 11 is 0. The topological polar surface area (TPSA) is 58.1 Å². The van der Waals surface area contributed by atoms with E-state index in [-0.39, 0.29) is 5.91 Å². The summed E-state index contributed by atoms with van der Waals surface area (Å²) in [7, 11) is 3.47. The molecule has 0 aliphatic carbocycles. The van der Waals surface area contributed by atoms with Crippen molar-refractivity contribution in [1.29, 1.82) is 0 Å². The Labute approximate surface area is 118 Å². The van der Waals surface area contributed by atoms with Crippen LogP contribution in [0.25, 0.3) is 11.3 Å². The lowest BCUT2D eigenvalue weighted by Gasteiger charge is -2.12. The van der Waals surface area contributed by atoms with E-state index in [9.17, 15) is 4.79 Å². The molecule has 0 unspecified atom stereocenters. The van der Waals surface area contributed by atoms with Gasteiger partial charge in [-0.1, -0.05) is 12.1 Å². The standard InChI is InChI=1S/C15H18N4O/c1-4-16-14-13(17-8-9-18-14)11-6-5-7-12(10-11)15(20)19(2)3/h5-10H,4H2,1-3H3,(H,16,18). The summed E-state index contributed by atoms with van der Waals surface area (Å²) in [5, 5.41) is 3.18. The van der Waals surface area contributed by atoms with Crippen molar-refractivity contribution in [1.82, 2.24) is 14.9 Å². The van der Waals surface area contributed by atoms with Crippen molar-refractivity contribution < 1.29 is 4.79 Å². The lowest BCUT2D eigenvalue weighted by molar-refractivity contribution is 0.0827. The van der Waals surface area contributed by atoms with Crippen molar-refractivity contribution in [3.8, 4) is 11.3 Å². The third kappa shape index (κ3) is 2.93. The molecule has 1 heterocycles. The van der Waals surface area contributed by atoms with Crippen LogP contribution in [0.15, 0.2) is 36.7 Å². The van der Waals surface area contributed by atoms with E-state index in [0.717, 1.165) is 23.6 Å². The Morgan fingerprint density at radius 1 is 1.25 bits per heavy atom. The Kier molecular flexibility index (Phi) is 4.30. The Morgan fingerprint density at radius 2 is 2.00 bits per heavy atom. The van der Waals surface area contributed by atoms with Crippen LogP contribution in [0.1, 0.15) is 17.3 Å². The molecule has 1 N–H and O–H groups in total. The van der Waals surface area contributed by atoms with Crippen LogP contribution in [0, 0.1) is 0 Å². The quantitative estimate of drug-likeness (QED) is 0.926. The second kappa shape index (κ2) is 6.14. The molecule has 2 rings (SSSR count). The van der Waals surface area contributed by atoms with Crippen LogP contribution in [0.3, 0.4) is 0 Å². The summed E-state index contributed by atoms with van der Waals surface area (Å²) in [5.41, 5.74) is 2.27. The van der Waals surface area contributed by atoms with Crippen LogP contribution < -0.4 is 5.32 Å². The minimum atomic E-state index is -0.0271. The molecule has 5 nitrogen and oxygen atoms in total. The van der Waals surface area contributed by atoms with Crippen LogP contribution in [0.4, 0.5) is 5.82 Å². The molecule has 2 aromatic rings. The number of amides is 1. The number of carbonyl (C=O) groups is 1. The number of hydrogen-bond donors (Lipinski definition) is 1. The highest BCUT2D eigenvalue weighted by Crippen LogP contribution is 2.24. The minimum absolute atomic E-state index is 0.0271. The highest BCUT2D eigenvalue weighted by Gasteiger charge is 2.12. The predicted molar refractivity (Wildman–Crippen MR) is 79.6 cm³/mol. The molecular weight excluding hydrogens is 252 g/mol. The molecule has 1 amide bonds. The SMILES string of the molecule is CCNc1nccnc1-c1cccc(C(=O)N(C)C)c1. The van der Waals surface area contributed by atoms with Crippen LogP contribution >= 0.6 is 0 Å². The van der Waals surface area contributed by atoms with Crippen molar-refractivity contribution in [2.24, 2.45) is 0 Å². The second-order valence-corrected chi connectivity index (χ2v) is 4.56. The third-order valence-electron chi connectivity index (χ3n) is 2.83. The summed E-state index contributed by atoms with van der Waals surface area (Å²) in [6, 6.07) is 7.43. The molecule has 0 aliphatic heterocycles. The van der Waals surface area contributed by atoms with E-state index in [4.69, 9.17) is 0 Å². The van der Waals surface area contributed by atoms with Crippen LogP contribution in [0.2, 0.25) is 0 Å². The molecule has 0 spiro atoms. The van der Waals surface area contributed by atoms with Crippen LogP contribution in [-0.4, -0.2) is 41.4 Å². The molecule has 0 saturated heterocycles. The maximum absolute atomic E-state index is 12.0. The van der Waals surface area contributed by atoms with Crippen molar-refractivity contribution in [3.63, 3.8) is 0 Å². The van der Waals surface area contributed by atoms with Gasteiger partial charge in [-0.25, -0.2) is 4.98 Å². The molecule has 0 fully saturated rings. The first-order valence-electron chi connectivity index (χ1n) is 6.50. The number of rotatable bonds is 4.